The van der Waals surface area contributed by atoms with Gasteiger partial charge in [0.1, 0.15) is 0 Å². The van der Waals surface area contributed by atoms with Gasteiger partial charge in [0, 0.05) is 30.8 Å². The number of esters is 1. The third-order valence-corrected chi connectivity index (χ3v) is 2.94. The molecule has 0 atom stereocenters. The van der Waals surface area contributed by atoms with Crippen molar-refractivity contribution in [2.24, 2.45) is 0 Å². The summed E-state index contributed by atoms with van der Waals surface area (Å²) in [7, 11) is 1.40. The highest BCUT2D eigenvalue weighted by Crippen LogP contribution is 2.15. The molecule has 0 aliphatic carbocycles. The van der Waals surface area contributed by atoms with Crippen molar-refractivity contribution in [2.45, 2.75) is 32.1 Å². The van der Waals surface area contributed by atoms with E-state index in [2.05, 4.69) is 10.1 Å². The summed E-state index contributed by atoms with van der Waals surface area (Å²) < 4.78 is 4.56. The van der Waals surface area contributed by atoms with Crippen molar-refractivity contribution < 1.29 is 14.5 Å². The third-order valence-electron chi connectivity index (χ3n) is 2.94. The summed E-state index contributed by atoms with van der Waals surface area (Å²) in [6.45, 7) is 0.816. The van der Waals surface area contributed by atoms with Gasteiger partial charge < -0.3 is 10.1 Å². The fourth-order valence-corrected chi connectivity index (χ4v) is 1.78. The second-order valence-electron chi connectivity index (χ2n) is 4.47. The topological polar surface area (TPSA) is 81.5 Å². The van der Waals surface area contributed by atoms with E-state index in [0.29, 0.717) is 6.42 Å². The smallest absolute Gasteiger partial charge is 0.305 e. The van der Waals surface area contributed by atoms with Gasteiger partial charge in [0.05, 0.1) is 12.0 Å². The number of hydrogen-bond donors (Lipinski definition) is 1. The van der Waals surface area contributed by atoms with E-state index in [9.17, 15) is 14.9 Å². The zero-order valence-electron chi connectivity index (χ0n) is 11.6. The highest BCUT2D eigenvalue weighted by molar-refractivity contribution is 5.68. The Morgan fingerprint density at radius 3 is 2.45 bits per heavy atom. The molecule has 20 heavy (non-hydrogen) atoms. The molecule has 0 saturated heterocycles. The maximum absolute atomic E-state index is 10.9. The van der Waals surface area contributed by atoms with Crippen LogP contribution >= 0.6 is 0 Å². The first-order valence-corrected chi connectivity index (χ1v) is 6.68. The number of carbonyl (C=O) groups is 1. The van der Waals surface area contributed by atoms with E-state index < -0.39 is 4.92 Å². The lowest BCUT2D eigenvalue weighted by atomic mass is 10.1. The molecule has 1 N–H and O–H groups in total. The highest BCUT2D eigenvalue weighted by atomic mass is 16.6. The number of hydrogen-bond acceptors (Lipinski definition) is 5. The van der Waals surface area contributed by atoms with Gasteiger partial charge in [-0.25, -0.2) is 0 Å². The summed E-state index contributed by atoms with van der Waals surface area (Å²) >= 11 is 0. The Balaban J connectivity index is 2.09. The molecule has 0 bridgehead atoms. The lowest BCUT2D eigenvalue weighted by Gasteiger charge is -2.06. The Hall–Kier alpha value is -2.11. The Morgan fingerprint density at radius 2 is 1.85 bits per heavy atom. The van der Waals surface area contributed by atoms with E-state index in [1.54, 1.807) is 12.1 Å². The fraction of sp³-hybridized carbons (Fsp3) is 0.500. The molecule has 0 radical (unpaired) electrons. The van der Waals surface area contributed by atoms with Crippen molar-refractivity contribution in [3.05, 3.63) is 34.4 Å². The summed E-state index contributed by atoms with van der Waals surface area (Å²) in [5.41, 5.74) is 0.975. The zero-order chi connectivity index (χ0) is 14.8. The number of nitrogens with one attached hydrogen (secondary N) is 1. The van der Waals surface area contributed by atoms with E-state index in [1.807, 2.05) is 0 Å². The van der Waals surface area contributed by atoms with Gasteiger partial charge in [-0.05, 0) is 25.0 Å². The number of ether oxygens (including phenoxy) is 1. The van der Waals surface area contributed by atoms with Gasteiger partial charge in [-0.3, -0.25) is 14.9 Å². The van der Waals surface area contributed by atoms with Crippen LogP contribution in [0.3, 0.4) is 0 Å². The molecule has 0 aliphatic rings. The van der Waals surface area contributed by atoms with Crippen molar-refractivity contribution in [1.29, 1.82) is 0 Å². The number of nitro benzene ring substituents is 1. The van der Waals surface area contributed by atoms with Crippen molar-refractivity contribution in [2.75, 3.05) is 19.0 Å². The number of unbranched alkanes of at least 4 members (excludes halogenated alkanes) is 3. The van der Waals surface area contributed by atoms with Crippen LogP contribution < -0.4 is 5.32 Å². The number of anilines is 1. The number of methoxy groups -OCH3 is 1. The molecule has 1 aromatic rings. The largest absolute Gasteiger partial charge is 0.469 e. The van der Waals surface area contributed by atoms with E-state index in [1.165, 1.54) is 19.2 Å². The molecule has 1 rings (SSSR count). The normalized spacial score (nSPS) is 10.1. The average molecular weight is 280 g/mol. The lowest BCUT2D eigenvalue weighted by molar-refractivity contribution is -0.384. The molecule has 0 aromatic heterocycles. The van der Waals surface area contributed by atoms with Gasteiger partial charge in [0.2, 0.25) is 0 Å². The fourth-order valence-electron chi connectivity index (χ4n) is 1.78. The summed E-state index contributed by atoms with van der Waals surface area (Å²) in [6, 6.07) is 6.38. The van der Waals surface area contributed by atoms with Crippen molar-refractivity contribution in [1.82, 2.24) is 0 Å². The molecule has 0 spiro atoms. The van der Waals surface area contributed by atoms with Gasteiger partial charge in [0.25, 0.3) is 5.69 Å². The first-order valence-electron chi connectivity index (χ1n) is 6.68. The number of non-ortho nitro benzene ring substituents is 1. The van der Waals surface area contributed by atoms with Crippen LogP contribution in [0.2, 0.25) is 0 Å². The molecule has 0 unspecified atom stereocenters. The van der Waals surface area contributed by atoms with Gasteiger partial charge in [-0.15, -0.1) is 0 Å². The molecule has 0 amide bonds. The van der Waals surface area contributed by atoms with Crippen LogP contribution in [-0.4, -0.2) is 24.5 Å². The van der Waals surface area contributed by atoms with Gasteiger partial charge in [-0.2, -0.15) is 0 Å². The highest BCUT2D eigenvalue weighted by Gasteiger charge is 2.03. The van der Waals surface area contributed by atoms with Crippen molar-refractivity contribution in [3.63, 3.8) is 0 Å². The lowest BCUT2D eigenvalue weighted by Crippen LogP contribution is -2.02. The second-order valence-corrected chi connectivity index (χ2v) is 4.47. The molecule has 110 valence electrons. The summed E-state index contributed by atoms with van der Waals surface area (Å²) in [6.07, 6.45) is 4.36. The Labute approximate surface area is 118 Å². The molecule has 0 aliphatic heterocycles. The third kappa shape index (κ3) is 6.17. The Kier molecular flexibility index (Phi) is 7.10. The molecule has 6 heteroatoms. The second kappa shape index (κ2) is 8.90. The minimum absolute atomic E-state index is 0.0957. The van der Waals surface area contributed by atoms with Crippen LogP contribution in [0.5, 0.6) is 0 Å². The van der Waals surface area contributed by atoms with Crippen LogP contribution in [0.25, 0.3) is 0 Å². The maximum Gasteiger partial charge on any atom is 0.305 e. The van der Waals surface area contributed by atoms with Gasteiger partial charge in [-0.1, -0.05) is 12.8 Å². The SMILES string of the molecule is COC(=O)CCCCCCNc1ccc([N+](=O)[O-])cc1. The van der Waals surface area contributed by atoms with Gasteiger partial charge >= 0.3 is 5.97 Å². The number of carbonyl (C=O) groups excluding carboxylic acids is 1. The Bertz CT molecular complexity index is 431. The first kappa shape index (κ1) is 15.9. The van der Waals surface area contributed by atoms with E-state index in [0.717, 1.165) is 37.9 Å². The number of benzene rings is 1. The monoisotopic (exact) mass is 280 g/mol. The maximum atomic E-state index is 10.9. The van der Waals surface area contributed by atoms with Crippen molar-refractivity contribution >= 4 is 17.3 Å². The van der Waals surface area contributed by atoms with Crippen molar-refractivity contribution in [3.8, 4) is 0 Å². The van der Waals surface area contributed by atoms with Crippen LogP contribution in [0, 0.1) is 10.1 Å². The molecule has 6 nitrogen and oxygen atoms in total. The van der Waals surface area contributed by atoms with Gasteiger partial charge in [0.15, 0.2) is 0 Å². The van der Waals surface area contributed by atoms with Crippen LogP contribution in [0.4, 0.5) is 11.4 Å². The van der Waals surface area contributed by atoms with Crippen LogP contribution in [0.1, 0.15) is 32.1 Å². The van der Waals surface area contributed by atoms with Crippen LogP contribution in [-0.2, 0) is 9.53 Å². The summed E-state index contributed by atoms with van der Waals surface area (Å²) in [5, 5.41) is 13.7. The summed E-state index contributed by atoms with van der Waals surface area (Å²) in [5.74, 6) is -0.158. The van der Waals surface area contributed by atoms with E-state index >= 15 is 0 Å². The summed E-state index contributed by atoms with van der Waals surface area (Å²) in [4.78, 5) is 21.0. The number of rotatable bonds is 9. The predicted octanol–water partition coefficient (Wildman–Crippen LogP) is 3.13. The minimum Gasteiger partial charge on any atom is -0.469 e. The van der Waals surface area contributed by atoms with E-state index in [4.69, 9.17) is 0 Å². The minimum atomic E-state index is -0.412. The first-order chi connectivity index (χ1) is 9.63. The standard InChI is InChI=1S/C14H20N2O4/c1-20-14(17)6-4-2-3-5-11-15-12-7-9-13(10-8-12)16(18)19/h7-10,15H,2-6,11H2,1H3. The molecular weight excluding hydrogens is 260 g/mol. The Morgan fingerprint density at radius 1 is 1.20 bits per heavy atom. The molecule has 0 heterocycles. The molecule has 0 fully saturated rings. The number of nitrogens with zero attached hydrogens (tertiary/aromatic N) is 1. The quantitative estimate of drug-likeness (QED) is 0.325. The molecule has 0 saturated carbocycles. The van der Waals surface area contributed by atoms with E-state index in [-0.39, 0.29) is 11.7 Å². The predicted molar refractivity (Wildman–Crippen MR) is 76.7 cm³/mol. The van der Waals surface area contributed by atoms with Crippen LogP contribution in [0.15, 0.2) is 24.3 Å². The molecule has 1 aromatic carbocycles. The number of nitro groups is 1. The zero-order valence-corrected chi connectivity index (χ0v) is 11.6. The molecular formula is C14H20N2O4. The average Bonchev–Trinajstić information content (AvgIpc) is 2.46.